The largest absolute Gasteiger partial charge is 0.481 e. The Bertz CT molecular complexity index is 168. The van der Waals surface area contributed by atoms with Crippen molar-refractivity contribution in [3.63, 3.8) is 0 Å². The third-order valence-corrected chi connectivity index (χ3v) is 0.553. The molecular formula is C10H20O5. The zero-order valence-corrected chi connectivity index (χ0v) is 9.49. The van der Waals surface area contributed by atoms with Crippen molar-refractivity contribution in [1.29, 1.82) is 0 Å². The van der Waals surface area contributed by atoms with E-state index in [9.17, 15) is 9.59 Å². The van der Waals surface area contributed by atoms with Gasteiger partial charge in [0, 0.05) is 6.61 Å². The summed E-state index contributed by atoms with van der Waals surface area (Å²) in [7, 11) is 0. The molecule has 3 N–H and O–H groups in total. The van der Waals surface area contributed by atoms with E-state index in [1.807, 2.05) is 13.8 Å². The molecule has 0 spiro atoms. The summed E-state index contributed by atoms with van der Waals surface area (Å²) in [4.78, 5) is 19.3. The zero-order chi connectivity index (χ0) is 12.9. The molecule has 0 aliphatic carbocycles. The highest BCUT2D eigenvalue weighted by Crippen LogP contribution is 1.86. The van der Waals surface area contributed by atoms with Crippen molar-refractivity contribution in [3.05, 3.63) is 12.2 Å². The minimum atomic E-state index is -1.08. The van der Waals surface area contributed by atoms with Gasteiger partial charge in [0.1, 0.15) is 0 Å². The van der Waals surface area contributed by atoms with Gasteiger partial charge >= 0.3 is 11.9 Å². The van der Waals surface area contributed by atoms with Crippen LogP contribution in [0.15, 0.2) is 12.2 Å². The van der Waals surface area contributed by atoms with Gasteiger partial charge in [0.25, 0.3) is 0 Å². The fraction of sp³-hybridized carbons (Fsp3) is 0.600. The number of aliphatic hydroxyl groups excluding tert-OH is 1. The van der Waals surface area contributed by atoms with Crippen LogP contribution in [0.2, 0.25) is 0 Å². The van der Waals surface area contributed by atoms with E-state index < -0.39 is 11.9 Å². The van der Waals surface area contributed by atoms with Crippen LogP contribution in [0.4, 0.5) is 0 Å². The van der Waals surface area contributed by atoms with Crippen molar-refractivity contribution >= 4 is 11.9 Å². The van der Waals surface area contributed by atoms with E-state index in [0.29, 0.717) is 0 Å². The van der Waals surface area contributed by atoms with E-state index >= 15 is 0 Å². The predicted molar refractivity (Wildman–Crippen MR) is 57.8 cm³/mol. The summed E-state index contributed by atoms with van der Waals surface area (Å²) in [5.74, 6) is -2.15. The van der Waals surface area contributed by atoms with Crippen LogP contribution >= 0.6 is 0 Å². The van der Waals surface area contributed by atoms with Gasteiger partial charge in [0.2, 0.25) is 0 Å². The van der Waals surface area contributed by atoms with Gasteiger partial charge in [-0.1, -0.05) is 5.57 Å². The van der Waals surface area contributed by atoms with Crippen molar-refractivity contribution < 1.29 is 24.9 Å². The van der Waals surface area contributed by atoms with Crippen molar-refractivity contribution in [2.45, 2.75) is 33.6 Å². The quantitative estimate of drug-likeness (QED) is 0.627. The van der Waals surface area contributed by atoms with E-state index in [1.54, 1.807) is 6.92 Å². The van der Waals surface area contributed by atoms with Crippen molar-refractivity contribution in [2.24, 2.45) is 0 Å². The van der Waals surface area contributed by atoms with Crippen LogP contribution in [-0.4, -0.2) is 33.9 Å². The number of rotatable bonds is 3. The molecular weight excluding hydrogens is 200 g/mol. The van der Waals surface area contributed by atoms with E-state index in [-0.39, 0.29) is 19.4 Å². The second-order valence-electron chi connectivity index (χ2n) is 2.81. The first-order valence-electron chi connectivity index (χ1n) is 4.44. The maximum Gasteiger partial charge on any atom is 0.303 e. The minimum absolute atomic E-state index is 0.250. The molecule has 5 nitrogen and oxygen atoms in total. The second-order valence-corrected chi connectivity index (χ2v) is 2.81. The molecule has 0 aromatic heterocycles. The first kappa shape index (κ1) is 19.2. The lowest BCUT2D eigenvalue weighted by molar-refractivity contribution is -0.143. The molecule has 0 saturated heterocycles. The first-order chi connectivity index (χ1) is 6.77. The third kappa shape index (κ3) is 108. The van der Waals surface area contributed by atoms with E-state index in [2.05, 4.69) is 6.58 Å². The maximum atomic E-state index is 9.64. The lowest BCUT2D eigenvalue weighted by Gasteiger charge is -1.85. The Hall–Kier alpha value is -1.36. The summed E-state index contributed by atoms with van der Waals surface area (Å²) in [6.07, 6.45) is -0.593. The van der Waals surface area contributed by atoms with E-state index in [4.69, 9.17) is 15.3 Å². The zero-order valence-electron chi connectivity index (χ0n) is 9.49. The molecule has 0 fully saturated rings. The molecule has 0 amide bonds. The molecule has 0 aliphatic heterocycles. The van der Waals surface area contributed by atoms with Gasteiger partial charge in [-0.25, -0.2) is 0 Å². The number of carboxylic acid groups (broad SMARTS) is 2. The number of hydrogen-bond donors (Lipinski definition) is 3. The summed E-state index contributed by atoms with van der Waals surface area (Å²) >= 11 is 0. The van der Waals surface area contributed by atoms with E-state index in [0.717, 1.165) is 0 Å². The molecule has 15 heavy (non-hydrogen) atoms. The molecule has 0 atom stereocenters. The van der Waals surface area contributed by atoms with Crippen LogP contribution in [0, 0.1) is 0 Å². The molecule has 0 unspecified atom stereocenters. The smallest absolute Gasteiger partial charge is 0.303 e. The molecule has 0 aromatic rings. The topological polar surface area (TPSA) is 94.8 Å². The third-order valence-electron chi connectivity index (χ3n) is 0.553. The molecule has 0 aliphatic rings. The van der Waals surface area contributed by atoms with Crippen LogP contribution in [0.1, 0.15) is 33.6 Å². The summed E-state index contributed by atoms with van der Waals surface area (Å²) in [5, 5.41) is 23.4. The highest BCUT2D eigenvalue weighted by molar-refractivity contribution is 5.75. The Balaban J connectivity index is -0.000000173. The van der Waals surface area contributed by atoms with Gasteiger partial charge in [-0.3, -0.25) is 9.59 Å². The van der Waals surface area contributed by atoms with Crippen LogP contribution in [-0.2, 0) is 9.59 Å². The Kier molecular flexibility index (Phi) is 19.4. The number of allylic oxidation sites excluding steroid dienone is 1. The molecule has 90 valence electrons. The van der Waals surface area contributed by atoms with Crippen molar-refractivity contribution in [2.75, 3.05) is 6.61 Å². The average molecular weight is 220 g/mol. The average Bonchev–Trinajstić information content (AvgIpc) is 2.01. The Labute approximate surface area is 90.1 Å². The Morgan fingerprint density at radius 3 is 1.27 bits per heavy atom. The number of hydrogen-bond acceptors (Lipinski definition) is 3. The predicted octanol–water partition coefficient (Wildman–Crippen LogP) is 1.52. The van der Waals surface area contributed by atoms with Crippen LogP contribution < -0.4 is 0 Å². The fourth-order valence-electron chi connectivity index (χ4n) is 0.214. The Morgan fingerprint density at radius 1 is 1.07 bits per heavy atom. The van der Waals surface area contributed by atoms with Gasteiger partial charge in [-0.2, -0.15) is 0 Å². The van der Waals surface area contributed by atoms with Crippen LogP contribution in [0.25, 0.3) is 0 Å². The molecule has 0 heterocycles. The number of aliphatic hydroxyl groups is 1. The number of carboxylic acids is 2. The van der Waals surface area contributed by atoms with Crippen molar-refractivity contribution in [1.82, 2.24) is 0 Å². The van der Waals surface area contributed by atoms with E-state index in [1.165, 1.54) is 5.57 Å². The fourth-order valence-corrected chi connectivity index (χ4v) is 0.214. The summed E-state index contributed by atoms with van der Waals surface area (Å²) in [5.41, 5.74) is 1.17. The van der Waals surface area contributed by atoms with Gasteiger partial charge < -0.3 is 15.3 Å². The lowest BCUT2D eigenvalue weighted by Crippen LogP contribution is -2.00. The highest BCUT2D eigenvalue weighted by atomic mass is 16.4. The normalized spacial score (nSPS) is 7.47. The Morgan fingerprint density at radius 2 is 1.20 bits per heavy atom. The molecule has 0 radical (unpaired) electrons. The SMILES string of the molecule is C=C(C)C.CCO.O=C(O)CCC(=O)O. The van der Waals surface area contributed by atoms with Gasteiger partial charge in [-0.05, 0) is 20.8 Å². The lowest BCUT2D eigenvalue weighted by atomic mass is 10.3. The monoisotopic (exact) mass is 220 g/mol. The van der Waals surface area contributed by atoms with Gasteiger partial charge in [0.05, 0.1) is 12.8 Å². The molecule has 0 rings (SSSR count). The molecule has 5 heteroatoms. The number of aliphatic carboxylic acids is 2. The van der Waals surface area contributed by atoms with Gasteiger partial charge in [-0.15, -0.1) is 6.58 Å². The second kappa shape index (κ2) is 15.1. The molecule has 0 aromatic carbocycles. The van der Waals surface area contributed by atoms with Crippen molar-refractivity contribution in [3.8, 4) is 0 Å². The number of carbonyl (C=O) groups is 2. The summed E-state index contributed by atoms with van der Waals surface area (Å²) in [6.45, 7) is 9.43. The molecule has 0 saturated carbocycles. The van der Waals surface area contributed by atoms with Crippen LogP contribution in [0.3, 0.4) is 0 Å². The maximum absolute atomic E-state index is 9.64. The summed E-state index contributed by atoms with van der Waals surface area (Å²) in [6, 6.07) is 0. The van der Waals surface area contributed by atoms with Gasteiger partial charge in [0.15, 0.2) is 0 Å². The molecule has 0 bridgehead atoms. The van der Waals surface area contributed by atoms with Crippen LogP contribution in [0.5, 0.6) is 0 Å². The highest BCUT2D eigenvalue weighted by Gasteiger charge is 2.00. The summed E-state index contributed by atoms with van der Waals surface area (Å²) < 4.78 is 0. The first-order valence-corrected chi connectivity index (χ1v) is 4.44. The standard InChI is InChI=1S/C4H6O4.C4H8.C2H6O/c5-3(6)1-2-4(7)8;1-4(2)3;1-2-3/h1-2H2,(H,5,6)(H,7,8);1H2,2-3H3;3H,2H2,1H3. The minimum Gasteiger partial charge on any atom is -0.481 e.